The lowest BCUT2D eigenvalue weighted by atomic mass is 10.1. The lowest BCUT2D eigenvalue weighted by Gasteiger charge is -2.32. The molecule has 10 heteroatoms. The van der Waals surface area contributed by atoms with E-state index in [1.54, 1.807) is 6.92 Å². The molecule has 0 aliphatic carbocycles. The highest BCUT2D eigenvalue weighted by Gasteiger charge is 2.31. The molecule has 7 nitrogen and oxygen atoms in total. The maximum atomic E-state index is 13.5. The van der Waals surface area contributed by atoms with E-state index >= 15 is 0 Å². The first-order chi connectivity index (χ1) is 15.8. The van der Waals surface area contributed by atoms with E-state index in [1.807, 2.05) is 45.0 Å². The molecule has 1 N–H and O–H groups in total. The van der Waals surface area contributed by atoms with Gasteiger partial charge in [0.25, 0.3) is 0 Å². The van der Waals surface area contributed by atoms with Crippen molar-refractivity contribution in [2.24, 2.45) is 0 Å². The molecule has 0 saturated heterocycles. The highest BCUT2D eigenvalue weighted by atomic mass is 35.5. The molecule has 0 saturated carbocycles. The van der Waals surface area contributed by atoms with Crippen molar-refractivity contribution in [3.63, 3.8) is 0 Å². The van der Waals surface area contributed by atoms with Crippen molar-refractivity contribution in [1.29, 1.82) is 0 Å². The second kappa shape index (κ2) is 11.9. The Morgan fingerprint density at radius 2 is 1.68 bits per heavy atom. The normalized spacial score (nSPS) is 13.1. The smallest absolute Gasteiger partial charge is 0.244 e. The van der Waals surface area contributed by atoms with Crippen LogP contribution in [-0.4, -0.2) is 50.0 Å². The second-order valence-corrected chi connectivity index (χ2v) is 11.1. The topological polar surface area (TPSA) is 86.8 Å². The van der Waals surface area contributed by atoms with Gasteiger partial charge in [0.15, 0.2) is 0 Å². The largest absolute Gasteiger partial charge is 0.352 e. The van der Waals surface area contributed by atoms with Crippen molar-refractivity contribution < 1.29 is 18.0 Å². The highest BCUT2D eigenvalue weighted by Crippen LogP contribution is 2.30. The fraction of sp³-hybridized carbons (Fsp3) is 0.417. The zero-order chi connectivity index (χ0) is 25.6. The Balaban J connectivity index is 2.41. The summed E-state index contributed by atoms with van der Waals surface area (Å²) < 4.78 is 26.1. The summed E-state index contributed by atoms with van der Waals surface area (Å²) in [5.74, 6) is -0.853. The van der Waals surface area contributed by atoms with Gasteiger partial charge in [-0.25, -0.2) is 8.42 Å². The third kappa shape index (κ3) is 7.61. The molecule has 0 heterocycles. The third-order valence-corrected chi connectivity index (χ3v) is 7.16. The fourth-order valence-electron chi connectivity index (χ4n) is 3.22. The number of hydrogen-bond acceptors (Lipinski definition) is 4. The maximum Gasteiger partial charge on any atom is 0.244 e. The number of nitrogens with zero attached hydrogens (tertiary/aromatic N) is 2. The van der Waals surface area contributed by atoms with E-state index in [0.29, 0.717) is 5.02 Å². The molecule has 0 radical (unpaired) electrons. The Kier molecular flexibility index (Phi) is 9.79. The fourth-order valence-corrected chi connectivity index (χ4v) is 4.64. The standard InChI is InChI=1S/C24H31Cl2N3O4S/c1-6-17(3)27-24(31)18(4)28(14-19-9-7-16(2)8-10-19)23(30)15-29(34(5,32)33)22-12-11-20(25)13-21(22)26/h7-13,17-18H,6,14-15H2,1-5H3,(H,27,31)/t17-,18-/m1/s1. The van der Waals surface area contributed by atoms with Crippen LogP contribution in [0.15, 0.2) is 42.5 Å². The molecule has 2 atom stereocenters. The van der Waals surface area contributed by atoms with Gasteiger partial charge >= 0.3 is 0 Å². The molecule has 0 aliphatic rings. The van der Waals surface area contributed by atoms with Gasteiger partial charge in [-0.3, -0.25) is 13.9 Å². The average Bonchev–Trinajstić information content (AvgIpc) is 2.76. The van der Waals surface area contributed by atoms with Crippen molar-refractivity contribution in [2.75, 3.05) is 17.1 Å². The monoisotopic (exact) mass is 527 g/mol. The predicted octanol–water partition coefficient (Wildman–Crippen LogP) is 4.40. The van der Waals surface area contributed by atoms with Crippen LogP contribution in [0.2, 0.25) is 10.0 Å². The van der Waals surface area contributed by atoms with Gasteiger partial charge in [0, 0.05) is 17.6 Å². The number of sulfonamides is 1. The summed E-state index contributed by atoms with van der Waals surface area (Å²) in [6, 6.07) is 11.0. The van der Waals surface area contributed by atoms with Crippen LogP contribution in [0.5, 0.6) is 0 Å². The lowest BCUT2D eigenvalue weighted by Crippen LogP contribution is -2.52. The molecule has 0 bridgehead atoms. The van der Waals surface area contributed by atoms with E-state index in [0.717, 1.165) is 28.1 Å². The van der Waals surface area contributed by atoms with Crippen LogP contribution >= 0.6 is 23.2 Å². The van der Waals surface area contributed by atoms with Crippen LogP contribution in [0.3, 0.4) is 0 Å². The number of carbonyl (C=O) groups excluding carboxylic acids is 2. The summed E-state index contributed by atoms with van der Waals surface area (Å²) in [4.78, 5) is 27.7. The SMILES string of the molecule is CC[C@@H](C)NC(=O)[C@@H](C)N(Cc1ccc(C)cc1)C(=O)CN(c1ccc(Cl)cc1Cl)S(C)(=O)=O. The van der Waals surface area contributed by atoms with Crippen LogP contribution in [0.1, 0.15) is 38.3 Å². The Labute approximate surface area is 212 Å². The lowest BCUT2D eigenvalue weighted by molar-refractivity contribution is -0.139. The molecule has 186 valence electrons. The van der Waals surface area contributed by atoms with Gasteiger partial charge in [0.1, 0.15) is 12.6 Å². The molecule has 0 fully saturated rings. The first kappa shape index (κ1) is 28.0. The molecule has 2 aromatic rings. The predicted molar refractivity (Wildman–Crippen MR) is 138 cm³/mol. The maximum absolute atomic E-state index is 13.5. The Morgan fingerprint density at radius 3 is 2.21 bits per heavy atom. The minimum absolute atomic E-state index is 0.0633. The van der Waals surface area contributed by atoms with Crippen LogP contribution in [-0.2, 0) is 26.2 Å². The molecule has 2 amide bonds. The minimum atomic E-state index is -3.87. The summed E-state index contributed by atoms with van der Waals surface area (Å²) in [6.45, 7) is 7.03. The van der Waals surface area contributed by atoms with E-state index in [-0.39, 0.29) is 29.2 Å². The molecule has 34 heavy (non-hydrogen) atoms. The number of aryl methyl sites for hydroxylation is 1. The highest BCUT2D eigenvalue weighted by molar-refractivity contribution is 7.92. The quantitative estimate of drug-likeness (QED) is 0.495. The van der Waals surface area contributed by atoms with Crippen molar-refractivity contribution in [1.82, 2.24) is 10.2 Å². The molecule has 0 spiro atoms. The van der Waals surface area contributed by atoms with Crippen molar-refractivity contribution in [3.05, 3.63) is 63.6 Å². The molecule has 0 unspecified atom stereocenters. The van der Waals surface area contributed by atoms with Crippen LogP contribution in [0.4, 0.5) is 5.69 Å². The van der Waals surface area contributed by atoms with Crippen LogP contribution in [0.25, 0.3) is 0 Å². The van der Waals surface area contributed by atoms with Crippen LogP contribution in [0, 0.1) is 6.92 Å². The Hall–Kier alpha value is -2.29. The summed E-state index contributed by atoms with van der Waals surface area (Å²) in [5.41, 5.74) is 2.01. The number of rotatable bonds is 10. The molecular formula is C24H31Cl2N3O4S. The first-order valence-corrected chi connectivity index (χ1v) is 13.5. The molecule has 2 rings (SSSR count). The minimum Gasteiger partial charge on any atom is -0.352 e. The second-order valence-electron chi connectivity index (χ2n) is 8.37. The van der Waals surface area contributed by atoms with Gasteiger partial charge in [0.05, 0.1) is 17.0 Å². The van der Waals surface area contributed by atoms with Gasteiger partial charge in [-0.05, 0) is 51.0 Å². The van der Waals surface area contributed by atoms with Crippen molar-refractivity contribution in [3.8, 4) is 0 Å². The number of carbonyl (C=O) groups is 2. The average molecular weight is 529 g/mol. The van der Waals surface area contributed by atoms with Gasteiger partial charge in [-0.15, -0.1) is 0 Å². The van der Waals surface area contributed by atoms with Gasteiger partial charge < -0.3 is 10.2 Å². The molecule has 0 aromatic heterocycles. The van der Waals surface area contributed by atoms with E-state index in [9.17, 15) is 18.0 Å². The number of halogens is 2. The summed E-state index contributed by atoms with van der Waals surface area (Å²) in [7, 11) is -3.87. The van der Waals surface area contributed by atoms with E-state index < -0.39 is 28.5 Å². The summed E-state index contributed by atoms with van der Waals surface area (Å²) in [6.07, 6.45) is 1.73. The van der Waals surface area contributed by atoms with Gasteiger partial charge in [-0.2, -0.15) is 0 Å². The van der Waals surface area contributed by atoms with E-state index in [2.05, 4.69) is 5.32 Å². The molecule has 0 aliphatic heterocycles. The number of nitrogens with one attached hydrogen (secondary N) is 1. The van der Waals surface area contributed by atoms with Crippen LogP contribution < -0.4 is 9.62 Å². The molecular weight excluding hydrogens is 497 g/mol. The zero-order valence-electron chi connectivity index (χ0n) is 20.0. The zero-order valence-corrected chi connectivity index (χ0v) is 22.3. The van der Waals surface area contributed by atoms with E-state index in [1.165, 1.54) is 23.1 Å². The van der Waals surface area contributed by atoms with Gasteiger partial charge in [0.2, 0.25) is 21.8 Å². The third-order valence-electron chi connectivity index (χ3n) is 5.50. The number of anilines is 1. The number of amides is 2. The van der Waals surface area contributed by atoms with Crippen molar-refractivity contribution >= 4 is 50.7 Å². The summed E-state index contributed by atoms with van der Waals surface area (Å²) in [5, 5.41) is 3.32. The summed E-state index contributed by atoms with van der Waals surface area (Å²) >= 11 is 12.2. The van der Waals surface area contributed by atoms with Gasteiger partial charge in [-0.1, -0.05) is 60.0 Å². The first-order valence-electron chi connectivity index (χ1n) is 10.9. The van der Waals surface area contributed by atoms with E-state index in [4.69, 9.17) is 23.2 Å². The molecule has 2 aromatic carbocycles. The Bertz CT molecular complexity index is 1120. The number of hydrogen-bond donors (Lipinski definition) is 1. The Morgan fingerprint density at radius 1 is 1.06 bits per heavy atom. The van der Waals surface area contributed by atoms with Crippen molar-refractivity contribution in [2.45, 2.75) is 52.7 Å². The number of benzene rings is 2.